The molecule has 0 saturated heterocycles. The van der Waals surface area contributed by atoms with Crippen LogP contribution in [0.1, 0.15) is 32.9 Å². The predicted molar refractivity (Wildman–Crippen MR) is 122 cm³/mol. The molecule has 1 aliphatic heterocycles. The third-order valence-electron chi connectivity index (χ3n) is 6.48. The number of anilines is 1. The molecule has 1 spiro atoms. The van der Waals surface area contributed by atoms with Gasteiger partial charge in [-0.05, 0) is 41.7 Å². The molecule has 6 rings (SSSR count). The Kier molecular flexibility index (Phi) is 4.36. The summed E-state index contributed by atoms with van der Waals surface area (Å²) in [6.45, 7) is 0.206. The number of aromatic nitrogens is 2. The van der Waals surface area contributed by atoms with E-state index in [0.717, 1.165) is 33.6 Å². The van der Waals surface area contributed by atoms with Crippen molar-refractivity contribution < 1.29 is 14.1 Å². The lowest BCUT2D eigenvalue weighted by Crippen LogP contribution is -2.35. The molecule has 33 heavy (non-hydrogen) atoms. The van der Waals surface area contributed by atoms with Crippen molar-refractivity contribution >= 4 is 17.5 Å². The number of amides is 2. The Labute approximate surface area is 189 Å². The molecule has 1 unspecified atom stereocenters. The van der Waals surface area contributed by atoms with Crippen LogP contribution in [0, 0.1) is 0 Å². The highest BCUT2D eigenvalue weighted by atomic mass is 16.5. The lowest BCUT2D eigenvalue weighted by atomic mass is 9.79. The number of hydrogen-bond donors (Lipinski definition) is 2. The third kappa shape index (κ3) is 3.20. The van der Waals surface area contributed by atoms with Gasteiger partial charge in [-0.3, -0.25) is 14.6 Å². The fourth-order valence-electron chi connectivity index (χ4n) is 4.81. The van der Waals surface area contributed by atoms with Crippen LogP contribution in [0.5, 0.6) is 0 Å². The van der Waals surface area contributed by atoms with Crippen LogP contribution in [0.25, 0.3) is 11.3 Å². The molecular weight excluding hydrogens is 416 g/mol. The summed E-state index contributed by atoms with van der Waals surface area (Å²) in [5.41, 5.74) is 5.22. The highest BCUT2D eigenvalue weighted by molar-refractivity contribution is 6.07. The summed E-state index contributed by atoms with van der Waals surface area (Å²) in [5, 5.41) is 9.91. The van der Waals surface area contributed by atoms with Gasteiger partial charge in [0.05, 0.1) is 12.0 Å². The molecule has 2 N–H and O–H groups in total. The van der Waals surface area contributed by atoms with Crippen molar-refractivity contribution in [2.45, 2.75) is 24.8 Å². The first-order valence-electron chi connectivity index (χ1n) is 10.8. The molecule has 4 aromatic rings. The normalized spacial score (nSPS) is 18.1. The maximum absolute atomic E-state index is 12.9. The van der Waals surface area contributed by atoms with Gasteiger partial charge in [-0.1, -0.05) is 53.7 Å². The topological polar surface area (TPSA) is 97.1 Å². The molecule has 162 valence electrons. The molecule has 0 bridgehead atoms. The Morgan fingerprint density at radius 1 is 1.03 bits per heavy atom. The number of carbonyl (C=O) groups excluding carboxylic acids is 2. The van der Waals surface area contributed by atoms with Gasteiger partial charge in [-0.25, -0.2) is 0 Å². The first-order valence-corrected chi connectivity index (χ1v) is 10.8. The quantitative estimate of drug-likeness (QED) is 0.509. The molecule has 0 radical (unpaired) electrons. The fraction of sp³-hybridized carbons (Fsp3) is 0.154. The standard InChI is InChI=1S/C26H20N4O3/c31-24(28-15-19-11-22(30-33-19)16-6-2-1-3-7-16)23-10-17-12-26(13-18(17)14-27-23)20-8-4-5-9-21(20)29-25(26)32/h1-11,14H,12-13,15H2,(H,28,31)(H,29,32). The van der Waals surface area contributed by atoms with Crippen LogP contribution in [0.2, 0.25) is 0 Å². The van der Waals surface area contributed by atoms with Gasteiger partial charge < -0.3 is 15.2 Å². The Morgan fingerprint density at radius 3 is 2.70 bits per heavy atom. The van der Waals surface area contributed by atoms with Gasteiger partial charge in [0.2, 0.25) is 5.91 Å². The molecular formula is C26H20N4O3. The maximum atomic E-state index is 12.9. The number of fused-ring (bicyclic) bond motifs is 3. The van der Waals surface area contributed by atoms with E-state index in [1.165, 1.54) is 0 Å². The second kappa shape index (κ2) is 7.41. The molecule has 1 atom stereocenters. The minimum absolute atomic E-state index is 0.00504. The summed E-state index contributed by atoms with van der Waals surface area (Å²) in [5.74, 6) is 0.264. The minimum Gasteiger partial charge on any atom is -0.359 e. The van der Waals surface area contributed by atoms with E-state index in [0.29, 0.717) is 24.3 Å². The number of nitrogens with one attached hydrogen (secondary N) is 2. The summed E-state index contributed by atoms with van der Waals surface area (Å²) in [4.78, 5) is 30.0. The van der Waals surface area contributed by atoms with Crippen LogP contribution < -0.4 is 10.6 Å². The number of para-hydroxylation sites is 1. The number of hydrogen-bond acceptors (Lipinski definition) is 5. The Hall–Kier alpha value is -4.26. The van der Waals surface area contributed by atoms with Crippen molar-refractivity contribution in [3.05, 3.63) is 101 Å². The Balaban J connectivity index is 1.17. The summed E-state index contributed by atoms with van der Waals surface area (Å²) >= 11 is 0. The number of rotatable bonds is 4. The fourth-order valence-corrected chi connectivity index (χ4v) is 4.81. The molecule has 7 nitrogen and oxygen atoms in total. The van der Waals surface area contributed by atoms with Gasteiger partial charge in [-0.2, -0.15) is 0 Å². The zero-order valence-electron chi connectivity index (χ0n) is 17.7. The van der Waals surface area contributed by atoms with E-state index in [4.69, 9.17) is 4.52 Å². The summed E-state index contributed by atoms with van der Waals surface area (Å²) in [7, 11) is 0. The minimum atomic E-state index is -0.622. The van der Waals surface area contributed by atoms with E-state index in [-0.39, 0.29) is 18.4 Å². The first kappa shape index (κ1) is 19.4. The van der Waals surface area contributed by atoms with Gasteiger partial charge in [0.25, 0.3) is 5.91 Å². The average molecular weight is 436 g/mol. The SMILES string of the molecule is O=C(NCc1cc(-c2ccccc2)no1)c1cc2c(cn1)CC1(C2)C(=O)Nc2ccccc21. The van der Waals surface area contributed by atoms with Crippen LogP contribution in [-0.2, 0) is 29.6 Å². The lowest BCUT2D eigenvalue weighted by Gasteiger charge is -2.20. The van der Waals surface area contributed by atoms with Crippen LogP contribution in [0.4, 0.5) is 5.69 Å². The van der Waals surface area contributed by atoms with Gasteiger partial charge >= 0.3 is 0 Å². The van der Waals surface area contributed by atoms with E-state index in [1.807, 2.05) is 60.7 Å². The van der Waals surface area contributed by atoms with Crippen molar-refractivity contribution in [2.24, 2.45) is 0 Å². The maximum Gasteiger partial charge on any atom is 0.270 e. The first-order chi connectivity index (χ1) is 16.1. The highest BCUT2D eigenvalue weighted by Crippen LogP contribution is 2.47. The van der Waals surface area contributed by atoms with E-state index in [1.54, 1.807) is 12.3 Å². The molecule has 2 aromatic heterocycles. The zero-order valence-corrected chi connectivity index (χ0v) is 17.7. The van der Waals surface area contributed by atoms with Crippen molar-refractivity contribution in [3.63, 3.8) is 0 Å². The molecule has 7 heteroatoms. The van der Waals surface area contributed by atoms with Crippen LogP contribution in [-0.4, -0.2) is 22.0 Å². The number of nitrogens with zero attached hydrogens (tertiary/aromatic N) is 2. The molecule has 2 aliphatic rings. The number of carbonyl (C=O) groups is 2. The zero-order chi connectivity index (χ0) is 22.4. The molecule has 0 saturated carbocycles. The molecule has 2 aromatic carbocycles. The van der Waals surface area contributed by atoms with Crippen molar-refractivity contribution in [3.8, 4) is 11.3 Å². The van der Waals surface area contributed by atoms with Crippen molar-refractivity contribution in [1.82, 2.24) is 15.5 Å². The summed E-state index contributed by atoms with van der Waals surface area (Å²) in [6, 6.07) is 21.1. The highest BCUT2D eigenvalue weighted by Gasteiger charge is 2.50. The van der Waals surface area contributed by atoms with Gasteiger partial charge in [-0.15, -0.1) is 0 Å². The van der Waals surface area contributed by atoms with Crippen LogP contribution in [0.15, 0.2) is 77.4 Å². The Morgan fingerprint density at radius 2 is 1.82 bits per heavy atom. The Bertz CT molecular complexity index is 1400. The number of pyridine rings is 1. The largest absolute Gasteiger partial charge is 0.359 e. The molecule has 3 heterocycles. The van der Waals surface area contributed by atoms with Gasteiger partial charge in [0, 0.05) is 23.5 Å². The third-order valence-corrected chi connectivity index (χ3v) is 6.48. The summed E-state index contributed by atoms with van der Waals surface area (Å²) < 4.78 is 5.36. The second-order valence-corrected chi connectivity index (χ2v) is 8.50. The number of benzene rings is 2. The van der Waals surface area contributed by atoms with E-state index < -0.39 is 5.41 Å². The van der Waals surface area contributed by atoms with Crippen molar-refractivity contribution in [1.29, 1.82) is 0 Å². The predicted octanol–water partition coefficient (Wildman–Crippen LogP) is 3.66. The second-order valence-electron chi connectivity index (χ2n) is 8.50. The average Bonchev–Trinajstić information content (AvgIpc) is 3.54. The van der Waals surface area contributed by atoms with Gasteiger partial charge in [0.15, 0.2) is 5.76 Å². The molecule has 1 aliphatic carbocycles. The van der Waals surface area contributed by atoms with Crippen LogP contribution in [0.3, 0.4) is 0 Å². The molecule has 0 fully saturated rings. The monoisotopic (exact) mass is 436 g/mol. The van der Waals surface area contributed by atoms with E-state index in [9.17, 15) is 9.59 Å². The lowest BCUT2D eigenvalue weighted by molar-refractivity contribution is -0.120. The van der Waals surface area contributed by atoms with E-state index in [2.05, 4.69) is 20.8 Å². The van der Waals surface area contributed by atoms with Gasteiger partial charge in [0.1, 0.15) is 11.4 Å². The molecule has 2 amide bonds. The summed E-state index contributed by atoms with van der Waals surface area (Å²) in [6.07, 6.45) is 2.85. The van der Waals surface area contributed by atoms with Crippen molar-refractivity contribution in [2.75, 3.05) is 5.32 Å². The van der Waals surface area contributed by atoms with E-state index >= 15 is 0 Å². The smallest absolute Gasteiger partial charge is 0.270 e. The van der Waals surface area contributed by atoms with Crippen LogP contribution >= 0.6 is 0 Å².